The lowest BCUT2D eigenvalue weighted by atomic mass is 10.2. The molecule has 2 aromatic carbocycles. The van der Waals surface area contributed by atoms with E-state index in [9.17, 15) is 4.79 Å². The first-order valence-electron chi connectivity index (χ1n) is 7.25. The van der Waals surface area contributed by atoms with E-state index >= 15 is 0 Å². The highest BCUT2D eigenvalue weighted by Gasteiger charge is 2.13. The Hall–Kier alpha value is -2.18. The summed E-state index contributed by atoms with van der Waals surface area (Å²) in [7, 11) is 0. The van der Waals surface area contributed by atoms with E-state index in [4.69, 9.17) is 16.1 Å². The van der Waals surface area contributed by atoms with Crippen LogP contribution in [0.3, 0.4) is 0 Å². The Morgan fingerprint density at radius 3 is 2.71 bits per heavy atom. The van der Waals surface area contributed by atoms with Crippen LogP contribution in [-0.2, 0) is 11.2 Å². The summed E-state index contributed by atoms with van der Waals surface area (Å²) in [5.74, 6) is 0.688. The third-order valence-electron chi connectivity index (χ3n) is 3.30. The Morgan fingerprint density at radius 2 is 1.92 bits per heavy atom. The summed E-state index contributed by atoms with van der Waals surface area (Å²) in [6, 6.07) is 14.7. The fourth-order valence-corrected chi connectivity index (χ4v) is 2.71. The number of halogens is 2. The van der Waals surface area contributed by atoms with Crippen molar-refractivity contribution < 1.29 is 9.32 Å². The monoisotopic (exact) mass is 405 g/mol. The highest BCUT2D eigenvalue weighted by atomic mass is 79.9. The number of hydrogen-bond donors (Lipinski definition) is 1. The van der Waals surface area contributed by atoms with Crippen LogP contribution in [0.15, 0.2) is 57.5 Å². The number of para-hydroxylation sites is 1. The number of anilines is 1. The van der Waals surface area contributed by atoms with Crippen LogP contribution in [0.1, 0.15) is 12.3 Å². The van der Waals surface area contributed by atoms with Gasteiger partial charge in [-0.05, 0) is 40.2 Å². The molecule has 0 bridgehead atoms. The minimum atomic E-state index is -0.126. The van der Waals surface area contributed by atoms with Gasteiger partial charge in [0.05, 0.1) is 10.7 Å². The van der Waals surface area contributed by atoms with Gasteiger partial charge in [-0.15, -0.1) is 0 Å². The second-order valence-corrected chi connectivity index (χ2v) is 6.28. The Morgan fingerprint density at radius 1 is 1.17 bits per heavy atom. The third-order valence-corrected chi connectivity index (χ3v) is 4.32. The number of amides is 1. The molecule has 0 atom stereocenters. The van der Waals surface area contributed by atoms with E-state index in [2.05, 4.69) is 31.4 Å². The van der Waals surface area contributed by atoms with Crippen molar-refractivity contribution in [2.24, 2.45) is 0 Å². The van der Waals surface area contributed by atoms with E-state index in [0.717, 1.165) is 10.2 Å². The molecule has 0 unspecified atom stereocenters. The molecule has 0 aliphatic rings. The lowest BCUT2D eigenvalue weighted by Gasteiger charge is -2.05. The Labute approximate surface area is 152 Å². The molecule has 7 heteroatoms. The maximum absolute atomic E-state index is 12.0. The predicted molar refractivity (Wildman–Crippen MR) is 95.8 cm³/mol. The quantitative estimate of drug-likeness (QED) is 0.665. The van der Waals surface area contributed by atoms with Gasteiger partial charge in [0.1, 0.15) is 0 Å². The minimum Gasteiger partial charge on any atom is -0.339 e. The first-order valence-corrected chi connectivity index (χ1v) is 8.42. The second kappa shape index (κ2) is 7.59. The number of rotatable bonds is 5. The van der Waals surface area contributed by atoms with Crippen LogP contribution >= 0.6 is 27.5 Å². The van der Waals surface area contributed by atoms with Gasteiger partial charge in [0.2, 0.25) is 17.6 Å². The summed E-state index contributed by atoms with van der Waals surface area (Å²) in [5, 5.41) is 7.30. The van der Waals surface area contributed by atoms with E-state index < -0.39 is 0 Å². The van der Waals surface area contributed by atoms with Gasteiger partial charge in [-0.25, -0.2) is 0 Å². The summed E-state index contributed by atoms with van der Waals surface area (Å²) in [4.78, 5) is 16.3. The van der Waals surface area contributed by atoms with Gasteiger partial charge in [-0.3, -0.25) is 4.79 Å². The van der Waals surface area contributed by atoms with Gasteiger partial charge in [-0.2, -0.15) is 4.98 Å². The van der Waals surface area contributed by atoms with Crippen LogP contribution < -0.4 is 5.32 Å². The molecule has 5 nitrogen and oxygen atoms in total. The highest BCUT2D eigenvalue weighted by molar-refractivity contribution is 9.10. The van der Waals surface area contributed by atoms with E-state index in [1.165, 1.54) is 0 Å². The van der Waals surface area contributed by atoms with Crippen molar-refractivity contribution in [3.8, 4) is 11.4 Å². The number of nitrogens with zero attached hydrogens (tertiary/aromatic N) is 2. The molecule has 3 aromatic rings. The molecule has 0 radical (unpaired) electrons. The molecule has 3 rings (SSSR count). The molecule has 1 N–H and O–H groups in total. The van der Waals surface area contributed by atoms with Crippen molar-refractivity contribution in [1.29, 1.82) is 0 Å². The molecular formula is C17H13BrClN3O2. The first-order chi connectivity index (χ1) is 11.6. The molecule has 0 fully saturated rings. The topological polar surface area (TPSA) is 68.0 Å². The van der Waals surface area contributed by atoms with Gasteiger partial charge in [0.25, 0.3) is 0 Å². The van der Waals surface area contributed by atoms with Crippen molar-refractivity contribution in [1.82, 2.24) is 10.1 Å². The summed E-state index contributed by atoms with van der Waals surface area (Å²) in [6.45, 7) is 0. The van der Waals surface area contributed by atoms with Crippen LogP contribution in [0.2, 0.25) is 5.02 Å². The molecule has 24 heavy (non-hydrogen) atoms. The molecular weight excluding hydrogens is 394 g/mol. The van der Waals surface area contributed by atoms with Gasteiger partial charge in [0.15, 0.2) is 0 Å². The first kappa shape index (κ1) is 16.7. The zero-order chi connectivity index (χ0) is 16.9. The fourth-order valence-electron chi connectivity index (χ4n) is 2.10. The number of benzene rings is 2. The average molecular weight is 407 g/mol. The molecule has 0 aliphatic carbocycles. The molecule has 1 aromatic heterocycles. The van der Waals surface area contributed by atoms with Crippen molar-refractivity contribution >= 4 is 39.1 Å². The van der Waals surface area contributed by atoms with Crippen LogP contribution in [0.25, 0.3) is 11.4 Å². The summed E-state index contributed by atoms with van der Waals surface area (Å²) < 4.78 is 6.02. The van der Waals surface area contributed by atoms with Gasteiger partial charge in [0, 0.05) is 22.9 Å². The third kappa shape index (κ3) is 4.01. The van der Waals surface area contributed by atoms with Crippen molar-refractivity contribution in [2.75, 3.05) is 5.32 Å². The number of carbonyl (C=O) groups excluding carboxylic acids is 1. The van der Waals surface area contributed by atoms with Crippen LogP contribution in [0.5, 0.6) is 0 Å². The van der Waals surface area contributed by atoms with Crippen LogP contribution in [0, 0.1) is 0 Å². The van der Waals surface area contributed by atoms with E-state index in [-0.39, 0.29) is 12.3 Å². The summed E-state index contributed by atoms with van der Waals surface area (Å²) >= 11 is 9.50. The normalized spacial score (nSPS) is 10.6. The van der Waals surface area contributed by atoms with Crippen molar-refractivity contribution in [3.05, 3.63) is 63.9 Å². The summed E-state index contributed by atoms with van der Waals surface area (Å²) in [6.07, 6.45) is 0.596. The standard InChI is InChI=1S/C17H13BrClN3O2/c18-12-6-2-4-8-14(12)20-15(23)9-10-16-21-17(22-24-16)11-5-1-3-7-13(11)19/h1-8H,9-10H2,(H,20,23). The fraction of sp³-hybridized carbons (Fsp3) is 0.118. The van der Waals surface area contributed by atoms with Crippen molar-refractivity contribution in [2.45, 2.75) is 12.8 Å². The Balaban J connectivity index is 1.61. The lowest BCUT2D eigenvalue weighted by Crippen LogP contribution is -2.12. The maximum atomic E-state index is 12.0. The SMILES string of the molecule is O=C(CCc1nc(-c2ccccc2Cl)no1)Nc1ccccc1Br. The predicted octanol–water partition coefficient (Wildman–Crippen LogP) is 4.72. The zero-order valence-corrected chi connectivity index (χ0v) is 14.8. The number of aromatic nitrogens is 2. The molecule has 1 amide bonds. The van der Waals surface area contributed by atoms with E-state index in [1.54, 1.807) is 6.07 Å². The molecule has 0 aliphatic heterocycles. The van der Waals surface area contributed by atoms with Crippen molar-refractivity contribution in [3.63, 3.8) is 0 Å². The number of aryl methyl sites for hydroxylation is 1. The van der Waals surface area contributed by atoms with Crippen LogP contribution in [0.4, 0.5) is 5.69 Å². The highest BCUT2D eigenvalue weighted by Crippen LogP contribution is 2.25. The average Bonchev–Trinajstić information content (AvgIpc) is 3.04. The molecule has 0 saturated heterocycles. The summed E-state index contributed by atoms with van der Waals surface area (Å²) in [5.41, 5.74) is 1.43. The zero-order valence-electron chi connectivity index (χ0n) is 12.5. The maximum Gasteiger partial charge on any atom is 0.227 e. The number of carbonyl (C=O) groups is 1. The van der Waals surface area contributed by atoms with Gasteiger partial charge >= 0.3 is 0 Å². The van der Waals surface area contributed by atoms with Crippen LogP contribution in [-0.4, -0.2) is 16.0 Å². The Bertz CT molecular complexity index is 866. The smallest absolute Gasteiger partial charge is 0.227 e. The lowest BCUT2D eigenvalue weighted by molar-refractivity contribution is -0.116. The molecule has 0 spiro atoms. The molecule has 1 heterocycles. The van der Waals surface area contributed by atoms with Gasteiger partial charge in [-0.1, -0.05) is 41.0 Å². The number of nitrogens with one attached hydrogen (secondary N) is 1. The molecule has 0 saturated carbocycles. The van der Waals surface area contributed by atoms with E-state index in [1.807, 2.05) is 42.5 Å². The second-order valence-electron chi connectivity index (χ2n) is 5.02. The minimum absolute atomic E-state index is 0.126. The van der Waals surface area contributed by atoms with E-state index in [0.29, 0.717) is 28.7 Å². The van der Waals surface area contributed by atoms with Gasteiger partial charge < -0.3 is 9.84 Å². The Kier molecular flexibility index (Phi) is 5.27. The largest absolute Gasteiger partial charge is 0.339 e. The number of hydrogen-bond acceptors (Lipinski definition) is 4. The molecule has 122 valence electrons.